The summed E-state index contributed by atoms with van der Waals surface area (Å²) in [5, 5.41) is 3.75. The number of piperazine rings is 1. The van der Waals surface area contributed by atoms with Crippen molar-refractivity contribution in [1.29, 1.82) is 0 Å². The van der Waals surface area contributed by atoms with Gasteiger partial charge in [-0.25, -0.2) is 4.39 Å². The first-order chi connectivity index (χ1) is 13.0. The second kappa shape index (κ2) is 6.54. The fourth-order valence-corrected chi connectivity index (χ4v) is 3.71. The SMILES string of the molecule is Cc1ccc2c(c1)cc(C(=O)N1CCNC(=O)[C@H]1c1cccc(F)c1)n2C. The van der Waals surface area contributed by atoms with Crippen molar-refractivity contribution in [3.05, 3.63) is 71.2 Å². The van der Waals surface area contributed by atoms with E-state index in [1.807, 2.05) is 42.8 Å². The molecule has 27 heavy (non-hydrogen) atoms. The molecule has 0 unspecified atom stereocenters. The summed E-state index contributed by atoms with van der Waals surface area (Å²) < 4.78 is 15.5. The molecule has 0 aliphatic carbocycles. The van der Waals surface area contributed by atoms with Crippen molar-refractivity contribution in [2.75, 3.05) is 13.1 Å². The van der Waals surface area contributed by atoms with Gasteiger partial charge in [-0.2, -0.15) is 0 Å². The highest BCUT2D eigenvalue weighted by molar-refractivity contribution is 6.01. The number of carbonyl (C=O) groups excluding carboxylic acids is 2. The van der Waals surface area contributed by atoms with Crippen LogP contribution < -0.4 is 5.32 Å². The van der Waals surface area contributed by atoms with Crippen LogP contribution >= 0.6 is 0 Å². The molecule has 1 aliphatic rings. The van der Waals surface area contributed by atoms with Gasteiger partial charge in [-0.1, -0.05) is 23.8 Å². The molecule has 1 fully saturated rings. The Labute approximate surface area is 156 Å². The second-order valence-electron chi connectivity index (χ2n) is 6.90. The third-order valence-corrected chi connectivity index (χ3v) is 5.05. The van der Waals surface area contributed by atoms with E-state index < -0.39 is 11.9 Å². The number of halogens is 1. The van der Waals surface area contributed by atoms with Crippen LogP contribution in [0.2, 0.25) is 0 Å². The highest BCUT2D eigenvalue weighted by Crippen LogP contribution is 2.28. The quantitative estimate of drug-likeness (QED) is 0.759. The predicted molar refractivity (Wildman–Crippen MR) is 101 cm³/mol. The highest BCUT2D eigenvalue weighted by atomic mass is 19.1. The molecule has 0 saturated carbocycles. The Hall–Kier alpha value is -3.15. The van der Waals surface area contributed by atoms with Gasteiger partial charge in [-0.15, -0.1) is 0 Å². The fourth-order valence-electron chi connectivity index (χ4n) is 3.71. The maximum Gasteiger partial charge on any atom is 0.271 e. The average molecular weight is 365 g/mol. The van der Waals surface area contributed by atoms with Crippen molar-refractivity contribution < 1.29 is 14.0 Å². The van der Waals surface area contributed by atoms with E-state index in [4.69, 9.17) is 0 Å². The zero-order valence-corrected chi connectivity index (χ0v) is 15.2. The molecule has 2 heterocycles. The Bertz CT molecular complexity index is 1060. The summed E-state index contributed by atoms with van der Waals surface area (Å²) in [5.41, 5.74) is 3.04. The normalized spacial score (nSPS) is 17.2. The Morgan fingerprint density at radius 3 is 2.78 bits per heavy atom. The number of hydrogen-bond donors (Lipinski definition) is 1. The molecule has 0 bridgehead atoms. The van der Waals surface area contributed by atoms with Gasteiger partial charge in [0.05, 0.1) is 0 Å². The number of nitrogens with zero attached hydrogens (tertiary/aromatic N) is 2. The minimum atomic E-state index is -0.846. The first-order valence-electron chi connectivity index (χ1n) is 8.86. The van der Waals surface area contributed by atoms with Crippen LogP contribution in [0.3, 0.4) is 0 Å². The van der Waals surface area contributed by atoms with Crippen LogP contribution in [0.5, 0.6) is 0 Å². The van der Waals surface area contributed by atoms with Crippen molar-refractivity contribution in [2.45, 2.75) is 13.0 Å². The molecule has 1 N–H and O–H groups in total. The Morgan fingerprint density at radius 2 is 2.00 bits per heavy atom. The molecule has 5 nitrogen and oxygen atoms in total. The zero-order chi connectivity index (χ0) is 19.1. The van der Waals surface area contributed by atoms with Gasteiger partial charge in [-0.05, 0) is 42.8 Å². The second-order valence-corrected chi connectivity index (χ2v) is 6.90. The van der Waals surface area contributed by atoms with E-state index in [-0.39, 0.29) is 11.8 Å². The van der Waals surface area contributed by atoms with Gasteiger partial charge in [0.1, 0.15) is 17.6 Å². The first-order valence-corrected chi connectivity index (χ1v) is 8.86. The van der Waals surface area contributed by atoms with Crippen molar-refractivity contribution in [1.82, 2.24) is 14.8 Å². The predicted octanol–water partition coefficient (Wildman–Crippen LogP) is 2.94. The molecule has 1 aromatic heterocycles. The fraction of sp³-hybridized carbons (Fsp3) is 0.238. The topological polar surface area (TPSA) is 54.3 Å². The lowest BCUT2D eigenvalue weighted by atomic mass is 10.0. The summed E-state index contributed by atoms with van der Waals surface area (Å²) in [5.74, 6) is -0.969. The van der Waals surface area contributed by atoms with Gasteiger partial charge in [0, 0.05) is 31.0 Å². The number of hydrogen-bond acceptors (Lipinski definition) is 2. The molecule has 1 saturated heterocycles. The Balaban J connectivity index is 1.77. The van der Waals surface area contributed by atoms with Crippen LogP contribution in [-0.4, -0.2) is 34.4 Å². The lowest BCUT2D eigenvalue weighted by Gasteiger charge is -2.35. The molecular formula is C21H20FN3O2. The van der Waals surface area contributed by atoms with E-state index >= 15 is 0 Å². The maximum absolute atomic E-state index is 13.7. The standard InChI is InChI=1S/C21H20FN3O2/c1-13-6-7-17-15(10-13)12-18(24(17)2)21(27)25-9-8-23-20(26)19(25)14-4-3-5-16(22)11-14/h3-7,10-12,19H,8-9H2,1-2H3,(H,23,26)/t19-/m1/s1. The number of aryl methyl sites for hydroxylation is 2. The number of amides is 2. The van der Waals surface area contributed by atoms with Gasteiger partial charge >= 0.3 is 0 Å². The molecule has 6 heteroatoms. The molecule has 3 aromatic rings. The third kappa shape index (κ3) is 2.97. The van der Waals surface area contributed by atoms with Crippen LogP contribution in [0.4, 0.5) is 4.39 Å². The van der Waals surface area contributed by atoms with Crippen LogP contribution in [0.15, 0.2) is 48.5 Å². The van der Waals surface area contributed by atoms with Crippen LogP contribution in [0.25, 0.3) is 10.9 Å². The highest BCUT2D eigenvalue weighted by Gasteiger charge is 2.36. The average Bonchev–Trinajstić information content (AvgIpc) is 2.96. The summed E-state index contributed by atoms with van der Waals surface area (Å²) in [4.78, 5) is 27.4. The van der Waals surface area contributed by atoms with Crippen LogP contribution in [0, 0.1) is 12.7 Å². The van der Waals surface area contributed by atoms with Gasteiger partial charge in [0.25, 0.3) is 5.91 Å². The summed E-state index contributed by atoms with van der Waals surface area (Å²) in [6, 6.07) is 12.9. The van der Waals surface area contributed by atoms with E-state index in [0.29, 0.717) is 24.3 Å². The monoisotopic (exact) mass is 365 g/mol. The molecule has 0 spiro atoms. The lowest BCUT2D eigenvalue weighted by Crippen LogP contribution is -2.52. The van der Waals surface area contributed by atoms with Gasteiger partial charge in [-0.3, -0.25) is 9.59 Å². The molecule has 138 valence electrons. The maximum atomic E-state index is 13.7. The van der Waals surface area contributed by atoms with E-state index in [9.17, 15) is 14.0 Å². The number of nitrogens with one attached hydrogen (secondary N) is 1. The van der Waals surface area contributed by atoms with Gasteiger partial charge < -0.3 is 14.8 Å². The minimum absolute atomic E-state index is 0.240. The van der Waals surface area contributed by atoms with Crippen molar-refractivity contribution >= 4 is 22.7 Å². The molecule has 1 atom stereocenters. The van der Waals surface area contributed by atoms with Crippen molar-refractivity contribution in [3.63, 3.8) is 0 Å². The molecule has 0 radical (unpaired) electrons. The van der Waals surface area contributed by atoms with E-state index in [1.54, 1.807) is 12.1 Å². The number of aromatic nitrogens is 1. The molecule has 2 amide bonds. The molecule has 2 aromatic carbocycles. The van der Waals surface area contributed by atoms with E-state index in [1.165, 1.54) is 17.0 Å². The van der Waals surface area contributed by atoms with Crippen LogP contribution in [-0.2, 0) is 11.8 Å². The van der Waals surface area contributed by atoms with Crippen molar-refractivity contribution in [3.8, 4) is 0 Å². The van der Waals surface area contributed by atoms with Crippen molar-refractivity contribution in [2.24, 2.45) is 7.05 Å². The summed E-state index contributed by atoms with van der Waals surface area (Å²) >= 11 is 0. The third-order valence-electron chi connectivity index (χ3n) is 5.05. The molecule has 1 aliphatic heterocycles. The van der Waals surface area contributed by atoms with E-state index in [2.05, 4.69) is 5.32 Å². The van der Waals surface area contributed by atoms with Gasteiger partial charge in [0.2, 0.25) is 5.91 Å². The summed E-state index contributed by atoms with van der Waals surface area (Å²) in [6.45, 7) is 2.74. The van der Waals surface area contributed by atoms with E-state index in [0.717, 1.165) is 16.5 Å². The van der Waals surface area contributed by atoms with Gasteiger partial charge in [0.15, 0.2) is 0 Å². The Morgan fingerprint density at radius 1 is 1.19 bits per heavy atom. The molecule has 4 rings (SSSR count). The Kier molecular flexibility index (Phi) is 4.18. The number of carbonyl (C=O) groups is 2. The largest absolute Gasteiger partial charge is 0.352 e. The lowest BCUT2D eigenvalue weighted by molar-refractivity contribution is -0.128. The van der Waals surface area contributed by atoms with Crippen LogP contribution in [0.1, 0.15) is 27.7 Å². The number of rotatable bonds is 2. The summed E-state index contributed by atoms with van der Waals surface area (Å²) in [6.07, 6.45) is 0. The molecular weight excluding hydrogens is 345 g/mol. The number of benzene rings is 2. The summed E-state index contributed by atoms with van der Waals surface area (Å²) in [7, 11) is 1.84. The smallest absolute Gasteiger partial charge is 0.271 e. The minimum Gasteiger partial charge on any atom is -0.352 e. The first kappa shape index (κ1) is 17.3. The number of fused-ring (bicyclic) bond motifs is 1. The zero-order valence-electron chi connectivity index (χ0n) is 15.2.